The van der Waals surface area contributed by atoms with E-state index in [0.717, 1.165) is 0 Å². The molecular weight excluding hydrogens is 419 g/mol. The molecule has 0 aliphatic rings. The summed E-state index contributed by atoms with van der Waals surface area (Å²) in [6.45, 7) is 1.45. The van der Waals surface area contributed by atoms with Crippen LogP contribution in [0, 0.1) is 17.1 Å². The Balaban J connectivity index is 1.77. The molecule has 29 heavy (non-hydrogen) atoms. The standard InChI is InChI=1S/C18H13FN4O4S2/c1-2-29(25,26)18-22-17(28-23-18)21-16(24)12(10-20)9-14-7-8-15(27-14)11-3-5-13(19)6-4-11/h3-9H,2H2,1H3,(H,21,22,23,24). The van der Waals surface area contributed by atoms with Crippen molar-refractivity contribution in [1.82, 2.24) is 9.36 Å². The van der Waals surface area contributed by atoms with Crippen molar-refractivity contribution in [3.8, 4) is 17.4 Å². The maximum Gasteiger partial charge on any atom is 0.268 e. The van der Waals surface area contributed by atoms with Crippen LogP contribution in [-0.4, -0.2) is 29.4 Å². The molecule has 8 nitrogen and oxygen atoms in total. The van der Waals surface area contributed by atoms with Crippen LogP contribution in [0.25, 0.3) is 17.4 Å². The number of sulfone groups is 1. The van der Waals surface area contributed by atoms with Crippen LogP contribution in [0.5, 0.6) is 0 Å². The second-order valence-corrected chi connectivity index (χ2v) is 8.54. The van der Waals surface area contributed by atoms with Gasteiger partial charge in [-0.3, -0.25) is 10.1 Å². The van der Waals surface area contributed by atoms with Crippen molar-refractivity contribution in [2.45, 2.75) is 12.1 Å². The maximum absolute atomic E-state index is 13.0. The number of nitriles is 1. The molecule has 3 rings (SSSR count). The quantitative estimate of drug-likeness (QED) is 0.468. The number of amides is 1. The van der Waals surface area contributed by atoms with Gasteiger partial charge in [-0.1, -0.05) is 6.92 Å². The maximum atomic E-state index is 13.0. The number of hydrogen-bond acceptors (Lipinski definition) is 8. The monoisotopic (exact) mass is 432 g/mol. The summed E-state index contributed by atoms with van der Waals surface area (Å²) in [7, 11) is -3.60. The van der Waals surface area contributed by atoms with Crippen molar-refractivity contribution in [3.05, 3.63) is 53.5 Å². The molecule has 0 aliphatic carbocycles. The van der Waals surface area contributed by atoms with Gasteiger partial charge in [0.05, 0.1) is 5.75 Å². The molecule has 148 valence electrons. The lowest BCUT2D eigenvalue weighted by molar-refractivity contribution is -0.112. The molecule has 0 spiro atoms. The molecule has 2 aromatic heterocycles. The van der Waals surface area contributed by atoms with Crippen LogP contribution in [0.3, 0.4) is 0 Å². The molecule has 3 aromatic rings. The van der Waals surface area contributed by atoms with Crippen molar-refractivity contribution in [2.24, 2.45) is 0 Å². The summed E-state index contributed by atoms with van der Waals surface area (Å²) < 4.78 is 45.8. The Morgan fingerprint density at radius 1 is 1.31 bits per heavy atom. The molecule has 0 saturated heterocycles. The summed E-state index contributed by atoms with van der Waals surface area (Å²) in [6, 6.07) is 10.6. The zero-order valence-electron chi connectivity index (χ0n) is 14.9. The number of aromatic nitrogens is 2. The Labute approximate surface area is 169 Å². The average molecular weight is 432 g/mol. The fraction of sp³-hybridized carbons (Fsp3) is 0.111. The Morgan fingerprint density at radius 3 is 2.69 bits per heavy atom. The SMILES string of the molecule is CCS(=O)(=O)c1nsc(NC(=O)C(C#N)=Cc2ccc(-c3ccc(F)cc3)o2)n1. The van der Waals surface area contributed by atoms with Gasteiger partial charge in [-0.25, -0.2) is 12.8 Å². The van der Waals surface area contributed by atoms with E-state index in [2.05, 4.69) is 14.7 Å². The van der Waals surface area contributed by atoms with Gasteiger partial charge in [-0.05, 0) is 36.4 Å². The lowest BCUT2D eigenvalue weighted by atomic mass is 10.2. The third-order valence-electron chi connectivity index (χ3n) is 3.69. The van der Waals surface area contributed by atoms with E-state index in [1.54, 1.807) is 18.2 Å². The highest BCUT2D eigenvalue weighted by atomic mass is 32.2. The first-order valence-electron chi connectivity index (χ1n) is 8.18. The van der Waals surface area contributed by atoms with E-state index in [1.165, 1.54) is 37.3 Å². The van der Waals surface area contributed by atoms with Gasteiger partial charge in [0.2, 0.25) is 15.0 Å². The normalized spacial score (nSPS) is 11.8. The molecule has 1 aromatic carbocycles. The Kier molecular flexibility index (Phi) is 5.86. The number of furan rings is 1. The van der Waals surface area contributed by atoms with Gasteiger partial charge in [0.1, 0.15) is 29.0 Å². The number of nitrogens with zero attached hydrogens (tertiary/aromatic N) is 3. The Morgan fingerprint density at radius 2 is 2.03 bits per heavy atom. The highest BCUT2D eigenvalue weighted by Crippen LogP contribution is 2.24. The van der Waals surface area contributed by atoms with E-state index in [4.69, 9.17) is 4.42 Å². The number of anilines is 1. The van der Waals surface area contributed by atoms with E-state index >= 15 is 0 Å². The minimum atomic E-state index is -3.60. The third-order valence-corrected chi connectivity index (χ3v) is 5.94. The van der Waals surface area contributed by atoms with E-state index < -0.39 is 15.7 Å². The van der Waals surface area contributed by atoms with Crippen molar-refractivity contribution in [1.29, 1.82) is 5.26 Å². The predicted molar refractivity (Wildman–Crippen MR) is 104 cm³/mol. The van der Waals surface area contributed by atoms with Gasteiger partial charge in [-0.15, -0.1) is 0 Å². The molecule has 1 N–H and O–H groups in total. The van der Waals surface area contributed by atoms with Gasteiger partial charge < -0.3 is 4.42 Å². The van der Waals surface area contributed by atoms with Crippen LogP contribution in [-0.2, 0) is 14.6 Å². The molecule has 0 unspecified atom stereocenters. The molecule has 2 heterocycles. The summed E-state index contributed by atoms with van der Waals surface area (Å²) in [6.07, 6.45) is 1.23. The fourth-order valence-corrected chi connectivity index (χ4v) is 3.75. The number of carbonyl (C=O) groups is 1. The Hall–Kier alpha value is -3.36. The number of nitrogens with one attached hydrogen (secondary N) is 1. The first kappa shape index (κ1) is 20.4. The van der Waals surface area contributed by atoms with Gasteiger partial charge in [0.15, 0.2) is 0 Å². The van der Waals surface area contributed by atoms with Gasteiger partial charge >= 0.3 is 0 Å². The molecule has 11 heteroatoms. The van der Waals surface area contributed by atoms with Crippen LogP contribution in [0.15, 0.2) is 51.5 Å². The van der Waals surface area contributed by atoms with Crippen LogP contribution >= 0.6 is 11.5 Å². The number of benzene rings is 1. The topological polar surface area (TPSA) is 126 Å². The zero-order chi connectivity index (χ0) is 21.0. The molecule has 0 fully saturated rings. The third kappa shape index (κ3) is 4.74. The molecular formula is C18H13FN4O4S2. The molecule has 0 bridgehead atoms. The number of hydrogen-bond donors (Lipinski definition) is 1. The van der Waals surface area contributed by atoms with Gasteiger partial charge in [0, 0.05) is 23.2 Å². The van der Waals surface area contributed by atoms with Crippen molar-refractivity contribution < 1.29 is 22.0 Å². The van der Waals surface area contributed by atoms with Crippen LogP contribution in [0.1, 0.15) is 12.7 Å². The van der Waals surface area contributed by atoms with Gasteiger partial charge in [-0.2, -0.15) is 14.6 Å². The van der Waals surface area contributed by atoms with E-state index in [-0.39, 0.29) is 33.2 Å². The minimum Gasteiger partial charge on any atom is -0.457 e. The fourth-order valence-electron chi connectivity index (χ4n) is 2.17. The smallest absolute Gasteiger partial charge is 0.268 e. The largest absolute Gasteiger partial charge is 0.457 e. The lowest BCUT2D eigenvalue weighted by Gasteiger charge is -1.99. The summed E-state index contributed by atoms with van der Waals surface area (Å²) >= 11 is 0.694. The molecule has 0 radical (unpaired) electrons. The van der Waals surface area contributed by atoms with Crippen molar-refractivity contribution in [2.75, 3.05) is 11.1 Å². The lowest BCUT2D eigenvalue weighted by Crippen LogP contribution is -2.13. The first-order valence-corrected chi connectivity index (χ1v) is 10.6. The van der Waals surface area contributed by atoms with Gasteiger partial charge in [0.25, 0.3) is 11.1 Å². The van der Waals surface area contributed by atoms with E-state index in [0.29, 0.717) is 22.9 Å². The highest BCUT2D eigenvalue weighted by molar-refractivity contribution is 7.91. The second kappa shape index (κ2) is 8.34. The predicted octanol–water partition coefficient (Wildman–Crippen LogP) is 3.28. The molecule has 0 aliphatic heterocycles. The molecule has 0 atom stereocenters. The second-order valence-electron chi connectivity index (χ2n) is 5.62. The van der Waals surface area contributed by atoms with Crippen LogP contribution < -0.4 is 5.32 Å². The number of carbonyl (C=O) groups excluding carboxylic acids is 1. The van der Waals surface area contributed by atoms with Crippen molar-refractivity contribution >= 4 is 38.5 Å². The number of rotatable bonds is 6. The van der Waals surface area contributed by atoms with E-state index in [1.807, 2.05) is 0 Å². The van der Waals surface area contributed by atoms with E-state index in [9.17, 15) is 22.9 Å². The highest BCUT2D eigenvalue weighted by Gasteiger charge is 2.20. The van der Waals surface area contributed by atoms with Crippen molar-refractivity contribution in [3.63, 3.8) is 0 Å². The number of halogens is 1. The average Bonchev–Trinajstić information content (AvgIpc) is 3.36. The first-order chi connectivity index (χ1) is 13.8. The summed E-state index contributed by atoms with van der Waals surface area (Å²) in [5.74, 6) is -0.663. The summed E-state index contributed by atoms with van der Waals surface area (Å²) in [5, 5.41) is 11.2. The Bertz CT molecular complexity index is 1220. The van der Waals surface area contributed by atoms with Crippen LogP contribution in [0.4, 0.5) is 9.52 Å². The molecule has 1 amide bonds. The zero-order valence-corrected chi connectivity index (χ0v) is 16.6. The summed E-state index contributed by atoms with van der Waals surface area (Å²) in [5.41, 5.74) is 0.354. The summed E-state index contributed by atoms with van der Waals surface area (Å²) in [4.78, 5) is 16.1. The molecule has 0 saturated carbocycles. The van der Waals surface area contributed by atoms with Crippen LogP contribution in [0.2, 0.25) is 0 Å². The minimum absolute atomic E-state index is 0.0466.